The number of carbonyl (C=O) groups is 1. The second-order valence-corrected chi connectivity index (χ2v) is 9.35. The van der Waals surface area contributed by atoms with Crippen LogP contribution < -0.4 is 5.32 Å². The summed E-state index contributed by atoms with van der Waals surface area (Å²) in [5, 5.41) is 13.5. The molecule has 0 saturated carbocycles. The van der Waals surface area contributed by atoms with Gasteiger partial charge in [-0.1, -0.05) is 30.7 Å². The first-order chi connectivity index (χ1) is 14.2. The molecule has 0 fully saturated rings. The SMILES string of the molecule is CCCC(=O)NC1(C)N=C(c2ccc(Cl)cc2)c2c(sc(C)c2C)-n2c(C)nnc21. The van der Waals surface area contributed by atoms with Gasteiger partial charge in [0.05, 0.1) is 5.71 Å². The molecule has 0 aliphatic carbocycles. The van der Waals surface area contributed by atoms with Crippen LogP contribution in [0.25, 0.3) is 5.00 Å². The molecule has 2 aromatic heterocycles. The number of aromatic nitrogens is 3. The van der Waals surface area contributed by atoms with Crippen LogP contribution in [0.5, 0.6) is 0 Å². The van der Waals surface area contributed by atoms with Crippen LogP contribution in [0.1, 0.15) is 59.9 Å². The van der Waals surface area contributed by atoms with Gasteiger partial charge in [0, 0.05) is 27.4 Å². The smallest absolute Gasteiger partial charge is 0.222 e. The van der Waals surface area contributed by atoms with Gasteiger partial charge in [0.15, 0.2) is 11.5 Å². The normalized spacial score (nSPS) is 17.7. The van der Waals surface area contributed by atoms with Crippen molar-refractivity contribution in [3.63, 3.8) is 0 Å². The third-order valence-corrected chi connectivity index (χ3v) is 6.82. The van der Waals surface area contributed by atoms with Crippen molar-refractivity contribution in [2.45, 2.75) is 53.1 Å². The second kappa shape index (κ2) is 7.63. The minimum atomic E-state index is -1.05. The number of amides is 1. The van der Waals surface area contributed by atoms with Crippen LogP contribution in [0.2, 0.25) is 5.02 Å². The monoisotopic (exact) mass is 441 g/mol. The van der Waals surface area contributed by atoms with Crippen molar-refractivity contribution in [1.82, 2.24) is 20.1 Å². The minimum Gasteiger partial charge on any atom is -0.326 e. The maximum absolute atomic E-state index is 12.6. The van der Waals surface area contributed by atoms with Gasteiger partial charge >= 0.3 is 0 Å². The first-order valence-electron chi connectivity index (χ1n) is 9.95. The molecule has 3 heterocycles. The summed E-state index contributed by atoms with van der Waals surface area (Å²) in [4.78, 5) is 18.9. The van der Waals surface area contributed by atoms with Gasteiger partial charge in [-0.15, -0.1) is 21.5 Å². The molecule has 3 aromatic rings. The lowest BCUT2D eigenvalue weighted by Gasteiger charge is -2.26. The first-order valence-corrected chi connectivity index (χ1v) is 11.1. The molecule has 1 aliphatic heterocycles. The van der Waals surface area contributed by atoms with Crippen LogP contribution in [0, 0.1) is 20.8 Å². The van der Waals surface area contributed by atoms with E-state index in [-0.39, 0.29) is 5.91 Å². The van der Waals surface area contributed by atoms with Crippen molar-refractivity contribution in [3.8, 4) is 5.00 Å². The zero-order valence-corrected chi connectivity index (χ0v) is 19.3. The summed E-state index contributed by atoms with van der Waals surface area (Å²) < 4.78 is 2.03. The number of hydrogen-bond donors (Lipinski definition) is 1. The van der Waals surface area contributed by atoms with Gasteiger partial charge in [-0.3, -0.25) is 9.36 Å². The largest absolute Gasteiger partial charge is 0.326 e. The Balaban J connectivity index is 2.03. The van der Waals surface area contributed by atoms with Crippen LogP contribution in [-0.2, 0) is 10.5 Å². The molecule has 0 bridgehead atoms. The summed E-state index contributed by atoms with van der Waals surface area (Å²) in [6, 6.07) is 7.64. The number of benzene rings is 1. The maximum atomic E-state index is 12.6. The molecule has 4 rings (SSSR count). The van der Waals surface area contributed by atoms with E-state index in [4.69, 9.17) is 16.6 Å². The molecule has 1 unspecified atom stereocenters. The summed E-state index contributed by atoms with van der Waals surface area (Å²) in [7, 11) is 0. The molecule has 0 spiro atoms. The standard InChI is InChI=1S/C22H24ClN5OS/c1-6-7-17(29)24-22(5)21-27-26-14(4)28(21)20-18(12(2)13(3)30-20)19(25-22)15-8-10-16(23)11-9-15/h8-11H,6-7H2,1-5H3,(H,24,29). The number of rotatable bonds is 4. The van der Waals surface area contributed by atoms with Crippen LogP contribution in [0.15, 0.2) is 29.3 Å². The van der Waals surface area contributed by atoms with Crippen molar-refractivity contribution in [3.05, 3.63) is 62.5 Å². The Hall–Kier alpha value is -2.51. The molecule has 6 nitrogen and oxygen atoms in total. The number of nitrogens with zero attached hydrogens (tertiary/aromatic N) is 4. The van der Waals surface area contributed by atoms with Crippen LogP contribution in [0.4, 0.5) is 0 Å². The fraction of sp³-hybridized carbons (Fsp3) is 0.364. The van der Waals surface area contributed by atoms with Gasteiger partial charge in [0.1, 0.15) is 10.8 Å². The van der Waals surface area contributed by atoms with Gasteiger partial charge < -0.3 is 5.32 Å². The van der Waals surface area contributed by atoms with Gasteiger partial charge in [0.2, 0.25) is 5.91 Å². The number of aryl methyl sites for hydroxylation is 2. The molecule has 156 valence electrons. The number of halogens is 1. The highest BCUT2D eigenvalue weighted by Gasteiger charge is 2.40. The van der Waals surface area contributed by atoms with E-state index in [0.717, 1.165) is 39.6 Å². The summed E-state index contributed by atoms with van der Waals surface area (Å²) in [5.74, 6) is 1.30. The Bertz CT molecular complexity index is 1160. The lowest BCUT2D eigenvalue weighted by atomic mass is 9.99. The highest BCUT2D eigenvalue weighted by atomic mass is 35.5. The van der Waals surface area contributed by atoms with Crippen molar-refractivity contribution in [2.24, 2.45) is 4.99 Å². The van der Waals surface area contributed by atoms with Crippen LogP contribution >= 0.6 is 22.9 Å². The van der Waals surface area contributed by atoms with E-state index in [2.05, 4.69) is 29.4 Å². The Labute approximate surface area is 185 Å². The number of nitrogens with one attached hydrogen (secondary N) is 1. The molecular formula is C22H24ClN5OS. The molecule has 1 aliphatic rings. The van der Waals surface area contributed by atoms with E-state index in [1.807, 2.05) is 49.6 Å². The third-order valence-electron chi connectivity index (χ3n) is 5.38. The van der Waals surface area contributed by atoms with Crippen molar-refractivity contribution < 1.29 is 4.79 Å². The average Bonchev–Trinajstić information content (AvgIpc) is 3.18. The highest BCUT2D eigenvalue weighted by molar-refractivity contribution is 7.15. The average molecular weight is 442 g/mol. The predicted octanol–water partition coefficient (Wildman–Crippen LogP) is 4.85. The fourth-order valence-corrected chi connectivity index (χ4v) is 5.09. The van der Waals surface area contributed by atoms with Gasteiger partial charge in [-0.25, -0.2) is 4.99 Å². The van der Waals surface area contributed by atoms with Gasteiger partial charge in [-0.2, -0.15) is 0 Å². The zero-order valence-electron chi connectivity index (χ0n) is 17.7. The first kappa shape index (κ1) is 20.8. The number of carbonyl (C=O) groups excluding carboxylic acids is 1. The summed E-state index contributed by atoms with van der Waals surface area (Å²) >= 11 is 7.82. The molecular weight excluding hydrogens is 418 g/mol. The van der Waals surface area contributed by atoms with Crippen molar-refractivity contribution in [1.29, 1.82) is 0 Å². The third kappa shape index (κ3) is 3.36. The maximum Gasteiger partial charge on any atom is 0.222 e. The minimum absolute atomic E-state index is 0.0652. The number of aliphatic imine (C=N–C) groups is 1. The molecule has 0 radical (unpaired) electrons. The predicted molar refractivity (Wildman–Crippen MR) is 121 cm³/mol. The van der Waals surface area contributed by atoms with E-state index in [0.29, 0.717) is 17.3 Å². The fourth-order valence-electron chi connectivity index (χ4n) is 3.76. The van der Waals surface area contributed by atoms with Crippen molar-refractivity contribution >= 4 is 34.6 Å². The second-order valence-electron chi connectivity index (χ2n) is 7.71. The van der Waals surface area contributed by atoms with E-state index < -0.39 is 5.66 Å². The topological polar surface area (TPSA) is 72.2 Å². The molecule has 1 N–H and O–H groups in total. The van der Waals surface area contributed by atoms with E-state index in [9.17, 15) is 4.79 Å². The van der Waals surface area contributed by atoms with E-state index in [1.165, 1.54) is 4.88 Å². The number of thiophene rings is 1. The summed E-state index contributed by atoms with van der Waals surface area (Å²) in [6.07, 6.45) is 1.18. The van der Waals surface area contributed by atoms with E-state index >= 15 is 0 Å². The summed E-state index contributed by atoms with van der Waals surface area (Å²) in [5.41, 5.74) is 2.90. The lowest BCUT2D eigenvalue weighted by Crippen LogP contribution is -2.44. The quantitative estimate of drug-likeness (QED) is 0.629. The van der Waals surface area contributed by atoms with Crippen molar-refractivity contribution in [2.75, 3.05) is 0 Å². The Kier molecular flexibility index (Phi) is 5.28. The summed E-state index contributed by atoms with van der Waals surface area (Å²) in [6.45, 7) is 10.00. The molecule has 1 aromatic carbocycles. The van der Waals surface area contributed by atoms with Crippen LogP contribution in [0.3, 0.4) is 0 Å². The molecule has 8 heteroatoms. The highest BCUT2D eigenvalue weighted by Crippen LogP contribution is 2.40. The number of fused-ring (bicyclic) bond motifs is 3. The Morgan fingerprint density at radius 3 is 2.57 bits per heavy atom. The van der Waals surface area contributed by atoms with Gasteiger partial charge in [0.25, 0.3) is 0 Å². The Morgan fingerprint density at radius 1 is 1.20 bits per heavy atom. The van der Waals surface area contributed by atoms with E-state index in [1.54, 1.807) is 11.3 Å². The molecule has 30 heavy (non-hydrogen) atoms. The van der Waals surface area contributed by atoms with Gasteiger partial charge in [-0.05, 0) is 51.8 Å². The Morgan fingerprint density at radius 2 is 1.90 bits per heavy atom. The lowest BCUT2D eigenvalue weighted by molar-refractivity contribution is -0.123. The molecule has 1 atom stereocenters. The molecule has 1 amide bonds. The van der Waals surface area contributed by atoms with Crippen LogP contribution in [-0.4, -0.2) is 26.4 Å². The number of hydrogen-bond acceptors (Lipinski definition) is 5. The molecule has 0 saturated heterocycles. The zero-order chi connectivity index (χ0) is 21.6.